The number of nitrogens with one attached hydrogen (secondary N) is 1. The van der Waals surface area contributed by atoms with Crippen molar-refractivity contribution in [3.63, 3.8) is 0 Å². The summed E-state index contributed by atoms with van der Waals surface area (Å²) >= 11 is 0. The van der Waals surface area contributed by atoms with Crippen molar-refractivity contribution in [2.24, 2.45) is 5.92 Å². The highest BCUT2D eigenvalue weighted by Gasteiger charge is 2.20. The van der Waals surface area contributed by atoms with E-state index in [0.29, 0.717) is 6.04 Å². The summed E-state index contributed by atoms with van der Waals surface area (Å²) < 4.78 is 5.46. The molecule has 2 nitrogen and oxygen atoms in total. The average molecular weight is 261 g/mol. The van der Waals surface area contributed by atoms with E-state index in [2.05, 4.69) is 43.4 Å². The lowest BCUT2D eigenvalue weighted by Gasteiger charge is -2.27. The maximum atomic E-state index is 5.46. The zero-order valence-electron chi connectivity index (χ0n) is 12.3. The van der Waals surface area contributed by atoms with Crippen molar-refractivity contribution in [2.75, 3.05) is 19.8 Å². The Bertz CT molecular complexity index is 354. The molecule has 1 N–H and O–H groups in total. The lowest BCUT2D eigenvalue weighted by molar-refractivity contribution is 0.0605. The number of ether oxygens (including phenoxy) is 1. The van der Waals surface area contributed by atoms with Crippen molar-refractivity contribution >= 4 is 0 Å². The van der Waals surface area contributed by atoms with Gasteiger partial charge in [-0.25, -0.2) is 0 Å². The van der Waals surface area contributed by atoms with Crippen molar-refractivity contribution in [2.45, 2.75) is 45.6 Å². The molecule has 0 saturated carbocycles. The number of aryl methyl sites for hydroxylation is 1. The highest BCUT2D eigenvalue weighted by atomic mass is 16.5. The number of benzene rings is 1. The molecule has 1 saturated heterocycles. The van der Waals surface area contributed by atoms with Crippen LogP contribution in [-0.2, 0) is 4.74 Å². The second-order valence-corrected chi connectivity index (χ2v) is 5.71. The van der Waals surface area contributed by atoms with Crippen LogP contribution in [0.4, 0.5) is 0 Å². The van der Waals surface area contributed by atoms with Gasteiger partial charge in [-0.3, -0.25) is 0 Å². The van der Waals surface area contributed by atoms with Crippen molar-refractivity contribution in [3.05, 3.63) is 35.4 Å². The van der Waals surface area contributed by atoms with Gasteiger partial charge in [0.25, 0.3) is 0 Å². The van der Waals surface area contributed by atoms with Crippen LogP contribution in [-0.4, -0.2) is 19.8 Å². The SMILES string of the molecule is CCCNC(CC1CCOCC1)c1ccc(C)cc1. The number of hydrogen-bond acceptors (Lipinski definition) is 2. The lowest BCUT2D eigenvalue weighted by Crippen LogP contribution is -2.27. The highest BCUT2D eigenvalue weighted by Crippen LogP contribution is 2.27. The third-order valence-electron chi connectivity index (χ3n) is 4.03. The standard InChI is InChI=1S/C17H27NO/c1-3-10-18-17(13-15-8-11-19-12-9-15)16-6-4-14(2)5-7-16/h4-7,15,17-18H,3,8-13H2,1-2H3. The van der Waals surface area contributed by atoms with Gasteiger partial charge in [0.1, 0.15) is 0 Å². The minimum atomic E-state index is 0.503. The molecule has 1 unspecified atom stereocenters. The molecule has 0 aliphatic carbocycles. The molecular formula is C17H27NO. The average Bonchev–Trinajstić information content (AvgIpc) is 2.45. The van der Waals surface area contributed by atoms with E-state index in [-0.39, 0.29) is 0 Å². The van der Waals surface area contributed by atoms with Gasteiger partial charge < -0.3 is 10.1 Å². The van der Waals surface area contributed by atoms with E-state index in [1.807, 2.05) is 0 Å². The third-order valence-corrected chi connectivity index (χ3v) is 4.03. The summed E-state index contributed by atoms with van der Waals surface area (Å²) in [7, 11) is 0. The fraction of sp³-hybridized carbons (Fsp3) is 0.647. The Morgan fingerprint density at radius 3 is 2.53 bits per heavy atom. The Balaban J connectivity index is 1.99. The molecule has 2 heteroatoms. The molecule has 0 spiro atoms. The first kappa shape index (κ1) is 14.5. The Labute approximate surface area is 117 Å². The molecule has 0 radical (unpaired) electrons. The molecule has 2 rings (SSSR count). The Morgan fingerprint density at radius 1 is 1.21 bits per heavy atom. The molecule has 1 aliphatic rings. The molecule has 1 aromatic carbocycles. The Morgan fingerprint density at radius 2 is 1.89 bits per heavy atom. The van der Waals surface area contributed by atoms with E-state index in [1.54, 1.807) is 0 Å². The van der Waals surface area contributed by atoms with Gasteiger partial charge in [0.05, 0.1) is 0 Å². The van der Waals surface area contributed by atoms with E-state index >= 15 is 0 Å². The Kier molecular flexibility index (Phi) is 5.87. The van der Waals surface area contributed by atoms with E-state index in [0.717, 1.165) is 25.7 Å². The zero-order chi connectivity index (χ0) is 13.5. The van der Waals surface area contributed by atoms with Crippen molar-refractivity contribution in [3.8, 4) is 0 Å². The van der Waals surface area contributed by atoms with Crippen LogP contribution in [0.2, 0.25) is 0 Å². The molecule has 0 aromatic heterocycles. The first-order valence-corrected chi connectivity index (χ1v) is 7.67. The van der Waals surface area contributed by atoms with Gasteiger partial charge >= 0.3 is 0 Å². The second kappa shape index (κ2) is 7.66. The van der Waals surface area contributed by atoms with Gasteiger partial charge in [0, 0.05) is 19.3 Å². The quantitative estimate of drug-likeness (QED) is 0.839. The first-order chi connectivity index (χ1) is 9.29. The monoisotopic (exact) mass is 261 g/mol. The molecule has 1 fully saturated rings. The molecule has 0 amide bonds. The second-order valence-electron chi connectivity index (χ2n) is 5.71. The van der Waals surface area contributed by atoms with Crippen LogP contribution >= 0.6 is 0 Å². The third kappa shape index (κ3) is 4.63. The molecule has 1 aliphatic heterocycles. The molecule has 1 heterocycles. The summed E-state index contributed by atoms with van der Waals surface area (Å²) in [4.78, 5) is 0. The molecule has 19 heavy (non-hydrogen) atoms. The molecule has 1 atom stereocenters. The lowest BCUT2D eigenvalue weighted by atomic mass is 9.89. The largest absolute Gasteiger partial charge is 0.381 e. The minimum absolute atomic E-state index is 0.503. The number of hydrogen-bond donors (Lipinski definition) is 1. The van der Waals surface area contributed by atoms with Crippen LogP contribution in [0.25, 0.3) is 0 Å². The van der Waals surface area contributed by atoms with Crippen LogP contribution in [0.15, 0.2) is 24.3 Å². The summed E-state index contributed by atoms with van der Waals surface area (Å²) in [5.41, 5.74) is 2.77. The molecule has 106 valence electrons. The maximum absolute atomic E-state index is 5.46. The number of rotatable bonds is 6. The van der Waals surface area contributed by atoms with Crippen molar-refractivity contribution < 1.29 is 4.74 Å². The minimum Gasteiger partial charge on any atom is -0.381 e. The predicted molar refractivity (Wildman–Crippen MR) is 80.4 cm³/mol. The fourth-order valence-corrected chi connectivity index (χ4v) is 2.77. The van der Waals surface area contributed by atoms with E-state index < -0.39 is 0 Å². The van der Waals surface area contributed by atoms with Crippen LogP contribution in [0.1, 0.15) is 49.8 Å². The zero-order valence-corrected chi connectivity index (χ0v) is 12.3. The first-order valence-electron chi connectivity index (χ1n) is 7.67. The molecule has 1 aromatic rings. The Hall–Kier alpha value is -0.860. The molecule has 0 bridgehead atoms. The van der Waals surface area contributed by atoms with Crippen LogP contribution in [0.5, 0.6) is 0 Å². The smallest absolute Gasteiger partial charge is 0.0468 e. The van der Waals surface area contributed by atoms with E-state index in [9.17, 15) is 0 Å². The molecular weight excluding hydrogens is 234 g/mol. The normalized spacial score (nSPS) is 18.4. The van der Waals surface area contributed by atoms with Crippen LogP contribution in [0, 0.1) is 12.8 Å². The van der Waals surface area contributed by atoms with Gasteiger partial charge in [-0.1, -0.05) is 36.8 Å². The van der Waals surface area contributed by atoms with Gasteiger partial charge in [-0.05, 0) is 50.6 Å². The van der Waals surface area contributed by atoms with Gasteiger partial charge in [0.15, 0.2) is 0 Å². The van der Waals surface area contributed by atoms with Gasteiger partial charge in [-0.15, -0.1) is 0 Å². The summed E-state index contributed by atoms with van der Waals surface area (Å²) in [6.45, 7) is 7.37. The summed E-state index contributed by atoms with van der Waals surface area (Å²) in [5, 5.41) is 3.71. The summed E-state index contributed by atoms with van der Waals surface area (Å²) in [5.74, 6) is 0.810. The maximum Gasteiger partial charge on any atom is 0.0468 e. The van der Waals surface area contributed by atoms with E-state index in [1.165, 1.54) is 36.8 Å². The fourth-order valence-electron chi connectivity index (χ4n) is 2.77. The van der Waals surface area contributed by atoms with E-state index in [4.69, 9.17) is 4.74 Å². The van der Waals surface area contributed by atoms with Crippen molar-refractivity contribution in [1.29, 1.82) is 0 Å². The predicted octanol–water partition coefficient (Wildman–Crippen LogP) is 3.85. The summed E-state index contributed by atoms with van der Waals surface area (Å²) in [6, 6.07) is 9.51. The van der Waals surface area contributed by atoms with Crippen molar-refractivity contribution in [1.82, 2.24) is 5.32 Å². The topological polar surface area (TPSA) is 21.3 Å². The van der Waals surface area contributed by atoms with Crippen LogP contribution in [0.3, 0.4) is 0 Å². The summed E-state index contributed by atoms with van der Waals surface area (Å²) in [6.07, 6.45) is 4.87. The van der Waals surface area contributed by atoms with Gasteiger partial charge in [0.2, 0.25) is 0 Å². The van der Waals surface area contributed by atoms with Crippen LogP contribution < -0.4 is 5.32 Å². The van der Waals surface area contributed by atoms with Gasteiger partial charge in [-0.2, -0.15) is 0 Å². The highest BCUT2D eigenvalue weighted by molar-refractivity contribution is 5.24.